The number of carbonyl (C=O) groups is 1. The van der Waals surface area contributed by atoms with E-state index in [4.69, 9.17) is 0 Å². The van der Waals surface area contributed by atoms with Crippen LogP contribution < -0.4 is 0 Å². The molecule has 5 heteroatoms. The van der Waals surface area contributed by atoms with Crippen molar-refractivity contribution in [2.45, 2.75) is 38.4 Å². The first-order valence-electron chi connectivity index (χ1n) is 4.29. The van der Waals surface area contributed by atoms with Gasteiger partial charge in [-0.2, -0.15) is 8.78 Å². The molecule has 1 aliphatic rings. The third kappa shape index (κ3) is 2.62. The number of halogens is 2. The number of alkyl halides is 2. The third-order valence-corrected chi connectivity index (χ3v) is 1.88. The molecule has 0 radical (unpaired) electrons. The summed E-state index contributed by atoms with van der Waals surface area (Å²) in [6.07, 6.45) is -2.20. The van der Waals surface area contributed by atoms with Gasteiger partial charge < -0.3 is 9.47 Å². The van der Waals surface area contributed by atoms with Crippen molar-refractivity contribution in [3.05, 3.63) is 0 Å². The number of carbonyl (C=O) groups excluding carboxylic acids is 1. The summed E-state index contributed by atoms with van der Waals surface area (Å²) in [4.78, 5) is 10.6. The van der Waals surface area contributed by atoms with E-state index >= 15 is 0 Å². The zero-order valence-electron chi connectivity index (χ0n) is 7.39. The summed E-state index contributed by atoms with van der Waals surface area (Å²) >= 11 is 0. The summed E-state index contributed by atoms with van der Waals surface area (Å²) in [5, 5.41) is 0. The molecule has 1 fully saturated rings. The Labute approximate surface area is 75.0 Å². The molecule has 0 spiro atoms. The van der Waals surface area contributed by atoms with E-state index in [0.29, 0.717) is 12.8 Å². The van der Waals surface area contributed by atoms with E-state index < -0.39 is 18.2 Å². The van der Waals surface area contributed by atoms with E-state index in [1.807, 2.05) is 0 Å². The fraction of sp³-hybridized carbons (Fsp3) is 0.875. The second-order valence-electron chi connectivity index (χ2n) is 2.91. The summed E-state index contributed by atoms with van der Waals surface area (Å²) in [5.41, 5.74) is 0. The predicted molar refractivity (Wildman–Crippen MR) is 40.3 cm³/mol. The van der Waals surface area contributed by atoms with E-state index in [9.17, 15) is 13.6 Å². The molecule has 1 rings (SSSR count). The summed E-state index contributed by atoms with van der Waals surface area (Å²) in [6, 6.07) is 0. The second kappa shape index (κ2) is 4.00. The molecule has 0 atom stereocenters. The van der Waals surface area contributed by atoms with Gasteiger partial charge in [0.05, 0.1) is 12.7 Å². The topological polar surface area (TPSA) is 35.5 Å². The van der Waals surface area contributed by atoms with Gasteiger partial charge in [0.25, 0.3) is 0 Å². The highest BCUT2D eigenvalue weighted by atomic mass is 19.3. The predicted octanol–water partition coefficient (Wildman–Crippen LogP) is 1.71. The Hall–Kier alpha value is -0.710. The standard InChI is InChI=1S/C8H12F2O3/c1-2-12-7(11)8(9,10)13-6-4-3-5-6/h6H,2-5H2,1H3. The lowest BCUT2D eigenvalue weighted by atomic mass is 9.96. The van der Waals surface area contributed by atoms with E-state index in [0.717, 1.165) is 6.42 Å². The first-order chi connectivity index (χ1) is 6.06. The van der Waals surface area contributed by atoms with Crippen LogP contribution in [0.2, 0.25) is 0 Å². The quantitative estimate of drug-likeness (QED) is 0.639. The summed E-state index contributed by atoms with van der Waals surface area (Å²) in [5.74, 6) is -1.60. The molecule has 1 saturated carbocycles. The lowest BCUT2D eigenvalue weighted by Crippen LogP contribution is -2.39. The van der Waals surface area contributed by atoms with E-state index in [1.54, 1.807) is 0 Å². The van der Waals surface area contributed by atoms with Gasteiger partial charge in [-0.1, -0.05) is 0 Å². The molecule has 0 aliphatic heterocycles. The number of ether oxygens (including phenoxy) is 2. The average molecular weight is 194 g/mol. The monoisotopic (exact) mass is 194 g/mol. The minimum Gasteiger partial charge on any atom is -0.460 e. The van der Waals surface area contributed by atoms with Crippen molar-refractivity contribution in [1.82, 2.24) is 0 Å². The lowest BCUT2D eigenvalue weighted by Gasteiger charge is -2.28. The molecule has 0 saturated heterocycles. The van der Waals surface area contributed by atoms with E-state index in [-0.39, 0.29) is 6.61 Å². The molecule has 0 aromatic heterocycles. The number of esters is 1. The van der Waals surface area contributed by atoms with Gasteiger partial charge in [-0.3, -0.25) is 0 Å². The third-order valence-electron chi connectivity index (χ3n) is 1.88. The molecule has 0 aromatic rings. The Morgan fingerprint density at radius 3 is 2.54 bits per heavy atom. The van der Waals surface area contributed by atoms with Crippen molar-refractivity contribution in [3.8, 4) is 0 Å². The van der Waals surface area contributed by atoms with E-state index in [1.165, 1.54) is 6.92 Å². The minimum absolute atomic E-state index is 0.0670. The van der Waals surface area contributed by atoms with Crippen molar-refractivity contribution >= 4 is 5.97 Å². The fourth-order valence-electron chi connectivity index (χ4n) is 0.961. The van der Waals surface area contributed by atoms with Crippen molar-refractivity contribution in [2.75, 3.05) is 6.61 Å². The van der Waals surface area contributed by atoms with Crippen LogP contribution in [-0.4, -0.2) is 24.8 Å². The molecule has 0 unspecified atom stereocenters. The second-order valence-corrected chi connectivity index (χ2v) is 2.91. The smallest absolute Gasteiger partial charge is 0.456 e. The Balaban J connectivity index is 2.38. The van der Waals surface area contributed by atoms with Crippen LogP contribution in [-0.2, 0) is 14.3 Å². The van der Waals surface area contributed by atoms with Gasteiger partial charge in [-0.25, -0.2) is 4.79 Å². The van der Waals surface area contributed by atoms with Crippen molar-refractivity contribution in [1.29, 1.82) is 0 Å². The molecule has 0 bridgehead atoms. The lowest BCUT2D eigenvalue weighted by molar-refractivity contribution is -0.274. The Bertz CT molecular complexity index is 190. The minimum atomic E-state index is -3.78. The Morgan fingerprint density at radius 2 is 2.15 bits per heavy atom. The van der Waals surface area contributed by atoms with Crippen LogP contribution >= 0.6 is 0 Å². The van der Waals surface area contributed by atoms with Gasteiger partial charge in [0.1, 0.15) is 0 Å². The van der Waals surface area contributed by atoms with Crippen LogP contribution in [0.4, 0.5) is 8.78 Å². The van der Waals surface area contributed by atoms with E-state index in [2.05, 4.69) is 9.47 Å². The summed E-state index contributed by atoms with van der Waals surface area (Å²) < 4.78 is 34.0. The van der Waals surface area contributed by atoms with Crippen molar-refractivity contribution < 1.29 is 23.0 Å². The molecule has 3 nitrogen and oxygen atoms in total. The van der Waals surface area contributed by atoms with Crippen LogP contribution in [0.15, 0.2) is 0 Å². The maximum absolute atomic E-state index is 12.8. The largest absolute Gasteiger partial charge is 0.460 e. The van der Waals surface area contributed by atoms with Crippen LogP contribution in [0.25, 0.3) is 0 Å². The molecule has 1 aliphatic carbocycles. The van der Waals surface area contributed by atoms with Crippen LogP contribution in [0, 0.1) is 0 Å². The maximum Gasteiger partial charge on any atom is 0.456 e. The van der Waals surface area contributed by atoms with Gasteiger partial charge in [0.15, 0.2) is 0 Å². The molecule has 76 valence electrons. The first-order valence-corrected chi connectivity index (χ1v) is 4.29. The molecule has 13 heavy (non-hydrogen) atoms. The molecule has 0 heterocycles. The molecule has 0 N–H and O–H groups in total. The molecule has 0 amide bonds. The molecular formula is C8H12F2O3. The SMILES string of the molecule is CCOC(=O)C(F)(F)OC1CCC1. The van der Waals surface area contributed by atoms with Gasteiger partial charge in [-0.05, 0) is 26.2 Å². The number of rotatable bonds is 4. The van der Waals surface area contributed by atoms with Gasteiger partial charge >= 0.3 is 12.1 Å². The highest BCUT2D eigenvalue weighted by Crippen LogP contribution is 2.29. The van der Waals surface area contributed by atoms with Crippen LogP contribution in [0.3, 0.4) is 0 Å². The first kappa shape index (κ1) is 10.4. The highest BCUT2D eigenvalue weighted by Gasteiger charge is 2.45. The Kier molecular flexibility index (Phi) is 3.19. The zero-order valence-corrected chi connectivity index (χ0v) is 7.39. The van der Waals surface area contributed by atoms with Crippen molar-refractivity contribution in [3.63, 3.8) is 0 Å². The number of hydrogen-bond donors (Lipinski definition) is 0. The molecule has 0 aromatic carbocycles. The van der Waals surface area contributed by atoms with Gasteiger partial charge in [0, 0.05) is 0 Å². The maximum atomic E-state index is 12.8. The summed E-state index contributed by atoms with van der Waals surface area (Å²) in [6.45, 7) is 1.40. The Morgan fingerprint density at radius 1 is 1.54 bits per heavy atom. The van der Waals surface area contributed by atoms with Gasteiger partial charge in [0.2, 0.25) is 0 Å². The van der Waals surface area contributed by atoms with Crippen LogP contribution in [0.1, 0.15) is 26.2 Å². The normalized spacial score (nSPS) is 18.1. The van der Waals surface area contributed by atoms with Gasteiger partial charge in [-0.15, -0.1) is 0 Å². The van der Waals surface area contributed by atoms with Crippen molar-refractivity contribution in [2.24, 2.45) is 0 Å². The zero-order chi connectivity index (χ0) is 9.90. The fourth-order valence-corrected chi connectivity index (χ4v) is 0.961. The molecular weight excluding hydrogens is 182 g/mol. The highest BCUT2D eigenvalue weighted by molar-refractivity contribution is 5.75. The average Bonchev–Trinajstić information content (AvgIpc) is 1.98. The van der Waals surface area contributed by atoms with Crippen LogP contribution in [0.5, 0.6) is 0 Å². The summed E-state index contributed by atoms with van der Waals surface area (Å²) in [7, 11) is 0. The number of hydrogen-bond acceptors (Lipinski definition) is 3.